The first-order valence-electron chi connectivity index (χ1n) is 7.96. The zero-order valence-corrected chi connectivity index (χ0v) is 13.8. The number of likely N-dealkylation sites (tertiary alicyclic amines) is 1. The third-order valence-electron chi connectivity index (χ3n) is 4.33. The molecular weight excluding hydrogens is 292 g/mol. The van der Waals surface area contributed by atoms with Crippen LogP contribution in [0.25, 0.3) is 0 Å². The van der Waals surface area contributed by atoms with Crippen LogP contribution < -0.4 is 0 Å². The second-order valence-corrected chi connectivity index (χ2v) is 7.34. The lowest BCUT2D eigenvalue weighted by Crippen LogP contribution is -2.36. The lowest BCUT2D eigenvalue weighted by Gasteiger charge is -2.24. The van der Waals surface area contributed by atoms with E-state index in [1.807, 2.05) is 12.4 Å². The number of aryl methyl sites for hydroxylation is 2. The van der Waals surface area contributed by atoms with Gasteiger partial charge in [0.2, 0.25) is 5.91 Å². The SMILES string of the molecule is Cc1ccc(CC(=O)N2CCC[C@H]2CCc2ccncc2)s1. The van der Waals surface area contributed by atoms with E-state index in [1.54, 1.807) is 11.3 Å². The fourth-order valence-electron chi connectivity index (χ4n) is 3.18. The summed E-state index contributed by atoms with van der Waals surface area (Å²) in [5, 5.41) is 0. The molecule has 0 spiro atoms. The Labute approximate surface area is 136 Å². The second kappa shape index (κ2) is 7.05. The number of carbonyl (C=O) groups is 1. The summed E-state index contributed by atoms with van der Waals surface area (Å²) in [6, 6.07) is 8.71. The molecule has 0 radical (unpaired) electrons. The van der Waals surface area contributed by atoms with Crippen molar-refractivity contribution in [2.75, 3.05) is 6.54 Å². The van der Waals surface area contributed by atoms with Gasteiger partial charge >= 0.3 is 0 Å². The molecule has 116 valence electrons. The largest absolute Gasteiger partial charge is 0.339 e. The molecule has 22 heavy (non-hydrogen) atoms. The van der Waals surface area contributed by atoms with E-state index in [-0.39, 0.29) is 0 Å². The van der Waals surface area contributed by atoms with Gasteiger partial charge in [0.15, 0.2) is 0 Å². The van der Waals surface area contributed by atoms with Gasteiger partial charge in [0.05, 0.1) is 6.42 Å². The smallest absolute Gasteiger partial charge is 0.228 e. The zero-order valence-electron chi connectivity index (χ0n) is 13.0. The van der Waals surface area contributed by atoms with Gasteiger partial charge in [0.1, 0.15) is 0 Å². The molecule has 3 nitrogen and oxygen atoms in total. The number of hydrogen-bond donors (Lipinski definition) is 0. The molecule has 0 N–H and O–H groups in total. The molecule has 1 amide bonds. The lowest BCUT2D eigenvalue weighted by atomic mass is 10.0. The molecule has 0 bridgehead atoms. The van der Waals surface area contributed by atoms with Crippen molar-refractivity contribution in [3.8, 4) is 0 Å². The van der Waals surface area contributed by atoms with E-state index in [2.05, 4.69) is 41.1 Å². The van der Waals surface area contributed by atoms with Gasteiger partial charge in [0, 0.05) is 34.7 Å². The molecule has 1 aliphatic heterocycles. The first-order chi connectivity index (χ1) is 10.7. The number of amides is 1. The first-order valence-corrected chi connectivity index (χ1v) is 8.78. The third kappa shape index (κ3) is 3.74. The van der Waals surface area contributed by atoms with Crippen LogP contribution in [0.15, 0.2) is 36.7 Å². The van der Waals surface area contributed by atoms with Gasteiger partial charge in [-0.3, -0.25) is 9.78 Å². The van der Waals surface area contributed by atoms with E-state index in [1.165, 1.54) is 15.3 Å². The average Bonchev–Trinajstić information content (AvgIpc) is 3.15. The molecule has 1 fully saturated rings. The predicted molar refractivity (Wildman–Crippen MR) is 90.1 cm³/mol. The summed E-state index contributed by atoms with van der Waals surface area (Å²) in [5.74, 6) is 0.291. The Bertz CT molecular complexity index is 623. The summed E-state index contributed by atoms with van der Waals surface area (Å²) >= 11 is 1.73. The molecule has 3 heterocycles. The Hall–Kier alpha value is -1.68. The number of hydrogen-bond acceptors (Lipinski definition) is 3. The Morgan fingerprint density at radius 3 is 2.86 bits per heavy atom. The van der Waals surface area contributed by atoms with E-state index in [0.29, 0.717) is 18.4 Å². The lowest BCUT2D eigenvalue weighted by molar-refractivity contribution is -0.131. The molecule has 0 saturated carbocycles. The van der Waals surface area contributed by atoms with E-state index in [0.717, 1.165) is 32.2 Å². The normalized spacial score (nSPS) is 17.9. The minimum absolute atomic E-state index is 0.291. The van der Waals surface area contributed by atoms with Crippen LogP contribution in [0.3, 0.4) is 0 Å². The molecule has 0 aliphatic carbocycles. The number of rotatable bonds is 5. The van der Waals surface area contributed by atoms with Gasteiger partial charge in [-0.1, -0.05) is 0 Å². The summed E-state index contributed by atoms with van der Waals surface area (Å²) in [6.07, 6.45) is 8.59. The summed E-state index contributed by atoms with van der Waals surface area (Å²) < 4.78 is 0. The number of pyridine rings is 1. The second-order valence-electron chi connectivity index (χ2n) is 5.97. The number of aromatic nitrogens is 1. The summed E-state index contributed by atoms with van der Waals surface area (Å²) in [5.41, 5.74) is 1.31. The first kappa shape index (κ1) is 15.2. The molecule has 4 heteroatoms. The molecule has 2 aromatic heterocycles. The number of thiophene rings is 1. The standard InChI is InChI=1S/C18H22N2OS/c1-14-4-7-17(22-14)13-18(21)20-12-2-3-16(20)6-5-15-8-10-19-11-9-15/h4,7-11,16H,2-3,5-6,12-13H2,1H3/t16-/m0/s1. The van der Waals surface area contributed by atoms with Crippen LogP contribution in [0.2, 0.25) is 0 Å². The van der Waals surface area contributed by atoms with Crippen LogP contribution in [0.5, 0.6) is 0 Å². The van der Waals surface area contributed by atoms with Crippen molar-refractivity contribution in [1.29, 1.82) is 0 Å². The molecule has 0 aromatic carbocycles. The minimum Gasteiger partial charge on any atom is -0.339 e. The van der Waals surface area contributed by atoms with Crippen LogP contribution in [-0.4, -0.2) is 28.4 Å². The van der Waals surface area contributed by atoms with Crippen molar-refractivity contribution < 1.29 is 4.79 Å². The van der Waals surface area contributed by atoms with Gasteiger partial charge in [-0.25, -0.2) is 0 Å². The predicted octanol–water partition coefficient (Wildman–Crippen LogP) is 3.62. The highest BCUT2D eigenvalue weighted by atomic mass is 32.1. The highest BCUT2D eigenvalue weighted by molar-refractivity contribution is 7.12. The number of nitrogens with zero attached hydrogens (tertiary/aromatic N) is 2. The Balaban J connectivity index is 1.56. The van der Waals surface area contributed by atoms with Crippen molar-refractivity contribution >= 4 is 17.2 Å². The van der Waals surface area contributed by atoms with Crippen molar-refractivity contribution in [2.24, 2.45) is 0 Å². The molecule has 1 atom stereocenters. The van der Waals surface area contributed by atoms with E-state index in [4.69, 9.17) is 0 Å². The van der Waals surface area contributed by atoms with Crippen LogP contribution >= 0.6 is 11.3 Å². The van der Waals surface area contributed by atoms with Crippen LogP contribution in [0.4, 0.5) is 0 Å². The number of carbonyl (C=O) groups excluding carboxylic acids is 1. The van der Waals surface area contributed by atoms with Crippen molar-refractivity contribution in [3.63, 3.8) is 0 Å². The van der Waals surface area contributed by atoms with Crippen LogP contribution in [0, 0.1) is 6.92 Å². The quantitative estimate of drug-likeness (QED) is 0.844. The summed E-state index contributed by atoms with van der Waals surface area (Å²) in [7, 11) is 0. The zero-order chi connectivity index (χ0) is 15.4. The van der Waals surface area contributed by atoms with Gasteiger partial charge in [-0.05, 0) is 62.4 Å². The highest BCUT2D eigenvalue weighted by Crippen LogP contribution is 2.24. The van der Waals surface area contributed by atoms with Gasteiger partial charge in [0.25, 0.3) is 0 Å². The minimum atomic E-state index is 0.291. The maximum Gasteiger partial charge on any atom is 0.228 e. The monoisotopic (exact) mass is 314 g/mol. The third-order valence-corrected chi connectivity index (χ3v) is 5.34. The van der Waals surface area contributed by atoms with Gasteiger partial charge < -0.3 is 4.90 Å². The van der Waals surface area contributed by atoms with Crippen molar-refractivity contribution in [3.05, 3.63) is 52.0 Å². The van der Waals surface area contributed by atoms with E-state index < -0.39 is 0 Å². The van der Waals surface area contributed by atoms with Gasteiger partial charge in [-0.2, -0.15) is 0 Å². The maximum atomic E-state index is 12.6. The van der Waals surface area contributed by atoms with Gasteiger partial charge in [-0.15, -0.1) is 11.3 Å². The van der Waals surface area contributed by atoms with Crippen LogP contribution in [0.1, 0.15) is 34.6 Å². The van der Waals surface area contributed by atoms with E-state index in [9.17, 15) is 4.79 Å². The van der Waals surface area contributed by atoms with Crippen molar-refractivity contribution in [1.82, 2.24) is 9.88 Å². The van der Waals surface area contributed by atoms with E-state index >= 15 is 0 Å². The molecule has 1 saturated heterocycles. The summed E-state index contributed by atoms with van der Waals surface area (Å²) in [6.45, 7) is 3.01. The fourth-order valence-corrected chi connectivity index (χ4v) is 4.06. The molecule has 1 aliphatic rings. The Kier molecular flexibility index (Phi) is 4.88. The molecule has 2 aromatic rings. The maximum absolute atomic E-state index is 12.6. The topological polar surface area (TPSA) is 33.2 Å². The Morgan fingerprint density at radius 2 is 2.14 bits per heavy atom. The molecule has 0 unspecified atom stereocenters. The van der Waals surface area contributed by atoms with Crippen LogP contribution in [-0.2, 0) is 17.6 Å². The Morgan fingerprint density at radius 1 is 1.32 bits per heavy atom. The average molecular weight is 314 g/mol. The highest BCUT2D eigenvalue weighted by Gasteiger charge is 2.28. The molecule has 3 rings (SSSR count). The van der Waals surface area contributed by atoms with Crippen molar-refractivity contribution in [2.45, 2.75) is 45.1 Å². The summed E-state index contributed by atoms with van der Waals surface area (Å²) in [4.78, 5) is 21.2. The fraction of sp³-hybridized carbons (Fsp3) is 0.444. The molecular formula is C18H22N2OS.